The summed E-state index contributed by atoms with van der Waals surface area (Å²) in [5, 5.41) is 9.09. The number of benzene rings is 1. The van der Waals surface area contributed by atoms with E-state index in [1.165, 1.54) is 24.3 Å². The first-order valence-corrected chi connectivity index (χ1v) is 6.72. The fraction of sp³-hybridized carbons (Fsp3) is 0.333. The van der Waals surface area contributed by atoms with Crippen molar-refractivity contribution in [2.45, 2.75) is 30.7 Å². The van der Waals surface area contributed by atoms with E-state index < -0.39 is 10.0 Å². The molecular weight excluding hydrogens is 238 g/mol. The minimum Gasteiger partial charge on any atom is -0.508 e. The van der Waals surface area contributed by atoms with Crippen molar-refractivity contribution in [3.63, 3.8) is 0 Å². The molecule has 1 unspecified atom stereocenters. The van der Waals surface area contributed by atoms with Crippen LogP contribution in [-0.4, -0.2) is 19.6 Å². The Morgan fingerprint density at radius 1 is 1.41 bits per heavy atom. The van der Waals surface area contributed by atoms with Gasteiger partial charge >= 0.3 is 0 Å². The van der Waals surface area contributed by atoms with Crippen LogP contribution in [0.25, 0.3) is 0 Å². The summed E-state index contributed by atoms with van der Waals surface area (Å²) in [4.78, 5) is 0.116. The number of hydrogen-bond acceptors (Lipinski definition) is 3. The van der Waals surface area contributed by atoms with Crippen LogP contribution in [0, 0.1) is 12.3 Å². The monoisotopic (exact) mass is 253 g/mol. The van der Waals surface area contributed by atoms with Crippen LogP contribution in [-0.2, 0) is 10.0 Å². The van der Waals surface area contributed by atoms with Crippen molar-refractivity contribution in [3.05, 3.63) is 24.3 Å². The molecule has 0 radical (unpaired) electrons. The van der Waals surface area contributed by atoms with Crippen molar-refractivity contribution in [2.24, 2.45) is 0 Å². The van der Waals surface area contributed by atoms with Gasteiger partial charge in [0.15, 0.2) is 0 Å². The van der Waals surface area contributed by atoms with Crippen molar-refractivity contribution < 1.29 is 13.5 Å². The lowest BCUT2D eigenvalue weighted by atomic mass is 10.2. The Hall–Kier alpha value is -1.51. The fourth-order valence-corrected chi connectivity index (χ4v) is 2.64. The first-order valence-electron chi connectivity index (χ1n) is 5.24. The molecule has 1 aromatic rings. The lowest BCUT2D eigenvalue weighted by Crippen LogP contribution is -2.34. The third kappa shape index (κ3) is 3.77. The first kappa shape index (κ1) is 13.6. The second-order valence-corrected chi connectivity index (χ2v) is 5.34. The summed E-state index contributed by atoms with van der Waals surface area (Å²) in [6, 6.07) is 5.09. The normalized spacial score (nSPS) is 12.9. The minimum atomic E-state index is -3.57. The molecule has 0 saturated heterocycles. The van der Waals surface area contributed by atoms with Crippen LogP contribution in [0.5, 0.6) is 5.75 Å². The number of rotatable bonds is 5. The van der Waals surface area contributed by atoms with Gasteiger partial charge in [-0.3, -0.25) is 0 Å². The number of terminal acetylenes is 1. The van der Waals surface area contributed by atoms with E-state index in [-0.39, 0.29) is 16.7 Å². The van der Waals surface area contributed by atoms with Gasteiger partial charge < -0.3 is 5.11 Å². The standard InChI is InChI=1S/C12H15NO3S/c1-3-5-10(4-2)13-17(15,16)12-8-6-11(14)7-9-12/h1,6-10,13-14H,4-5H2,2H3. The summed E-state index contributed by atoms with van der Waals surface area (Å²) in [5.74, 6) is 2.46. The highest BCUT2D eigenvalue weighted by Gasteiger charge is 2.18. The molecule has 92 valence electrons. The van der Waals surface area contributed by atoms with E-state index in [9.17, 15) is 8.42 Å². The van der Waals surface area contributed by atoms with E-state index in [1.54, 1.807) is 0 Å². The van der Waals surface area contributed by atoms with Gasteiger partial charge in [0, 0.05) is 12.5 Å². The molecule has 4 nitrogen and oxygen atoms in total. The second kappa shape index (κ2) is 5.71. The molecule has 0 saturated carbocycles. The Bertz CT molecular complexity index is 500. The average molecular weight is 253 g/mol. The van der Waals surface area contributed by atoms with E-state index in [4.69, 9.17) is 11.5 Å². The summed E-state index contributed by atoms with van der Waals surface area (Å²) in [6.07, 6.45) is 6.15. The largest absolute Gasteiger partial charge is 0.508 e. The van der Waals surface area contributed by atoms with Crippen LogP contribution in [0.4, 0.5) is 0 Å². The molecule has 0 aliphatic rings. The van der Waals surface area contributed by atoms with Crippen molar-refractivity contribution in [2.75, 3.05) is 0 Å². The van der Waals surface area contributed by atoms with E-state index in [0.717, 1.165) is 0 Å². The third-order valence-corrected chi connectivity index (χ3v) is 3.86. The van der Waals surface area contributed by atoms with Gasteiger partial charge in [-0.1, -0.05) is 6.92 Å². The lowest BCUT2D eigenvalue weighted by Gasteiger charge is -2.14. The smallest absolute Gasteiger partial charge is 0.240 e. The van der Waals surface area contributed by atoms with Gasteiger partial charge in [-0.15, -0.1) is 12.3 Å². The van der Waals surface area contributed by atoms with Crippen molar-refractivity contribution in [1.29, 1.82) is 0 Å². The first-order chi connectivity index (χ1) is 7.99. The van der Waals surface area contributed by atoms with Gasteiger partial charge in [0.1, 0.15) is 5.75 Å². The van der Waals surface area contributed by atoms with Gasteiger partial charge in [-0.05, 0) is 30.7 Å². The highest BCUT2D eigenvalue weighted by molar-refractivity contribution is 7.89. The van der Waals surface area contributed by atoms with E-state index in [0.29, 0.717) is 12.8 Å². The van der Waals surface area contributed by atoms with Crippen LogP contribution >= 0.6 is 0 Å². The number of aromatic hydroxyl groups is 1. The van der Waals surface area contributed by atoms with Gasteiger partial charge in [-0.25, -0.2) is 13.1 Å². The zero-order valence-electron chi connectivity index (χ0n) is 9.55. The summed E-state index contributed by atoms with van der Waals surface area (Å²) >= 11 is 0. The van der Waals surface area contributed by atoms with E-state index in [2.05, 4.69) is 10.6 Å². The van der Waals surface area contributed by atoms with Crippen LogP contribution in [0.15, 0.2) is 29.2 Å². The number of phenolic OH excluding ortho intramolecular Hbond substituents is 1. The SMILES string of the molecule is C#CCC(CC)NS(=O)(=O)c1ccc(O)cc1. The molecular formula is C12H15NO3S. The van der Waals surface area contributed by atoms with Crippen molar-refractivity contribution >= 4 is 10.0 Å². The zero-order chi connectivity index (χ0) is 12.9. The summed E-state index contributed by atoms with van der Waals surface area (Å²) in [6.45, 7) is 1.86. The Morgan fingerprint density at radius 3 is 2.47 bits per heavy atom. The highest BCUT2D eigenvalue weighted by Crippen LogP contribution is 2.15. The van der Waals surface area contributed by atoms with Gasteiger partial charge in [0.05, 0.1) is 4.90 Å². The predicted molar refractivity (Wildman–Crippen MR) is 66.0 cm³/mol. The molecule has 0 fully saturated rings. The van der Waals surface area contributed by atoms with Gasteiger partial charge in [-0.2, -0.15) is 0 Å². The molecule has 0 bridgehead atoms. The van der Waals surface area contributed by atoms with E-state index in [1.807, 2.05) is 6.92 Å². The van der Waals surface area contributed by atoms with Crippen LogP contribution in [0.1, 0.15) is 19.8 Å². The maximum absolute atomic E-state index is 11.9. The van der Waals surface area contributed by atoms with Crippen molar-refractivity contribution in [1.82, 2.24) is 4.72 Å². The molecule has 2 N–H and O–H groups in total. The predicted octanol–water partition coefficient (Wildman–Crippen LogP) is 1.47. The number of sulfonamides is 1. The molecule has 0 spiro atoms. The second-order valence-electron chi connectivity index (χ2n) is 3.63. The molecule has 1 aromatic carbocycles. The lowest BCUT2D eigenvalue weighted by molar-refractivity contribution is 0.474. The number of phenols is 1. The summed E-state index contributed by atoms with van der Waals surface area (Å²) in [7, 11) is -3.57. The summed E-state index contributed by atoms with van der Waals surface area (Å²) < 4.78 is 26.4. The molecule has 17 heavy (non-hydrogen) atoms. The maximum atomic E-state index is 11.9. The Morgan fingerprint density at radius 2 is 2.00 bits per heavy atom. The molecule has 0 aromatic heterocycles. The van der Waals surface area contributed by atoms with Gasteiger partial charge in [0.2, 0.25) is 10.0 Å². The van der Waals surface area contributed by atoms with Gasteiger partial charge in [0.25, 0.3) is 0 Å². The topological polar surface area (TPSA) is 66.4 Å². The number of hydrogen-bond donors (Lipinski definition) is 2. The Kier molecular flexibility index (Phi) is 4.55. The third-order valence-electron chi connectivity index (χ3n) is 2.33. The van der Waals surface area contributed by atoms with Crippen molar-refractivity contribution in [3.8, 4) is 18.1 Å². The molecule has 0 aliphatic heterocycles. The van der Waals surface area contributed by atoms with Crippen LogP contribution in [0.3, 0.4) is 0 Å². The fourth-order valence-electron chi connectivity index (χ4n) is 1.32. The zero-order valence-corrected chi connectivity index (χ0v) is 10.4. The molecule has 0 aliphatic carbocycles. The number of nitrogens with one attached hydrogen (secondary N) is 1. The summed E-state index contributed by atoms with van der Waals surface area (Å²) in [5.41, 5.74) is 0. The highest BCUT2D eigenvalue weighted by atomic mass is 32.2. The van der Waals surface area contributed by atoms with Crippen LogP contribution in [0.2, 0.25) is 0 Å². The minimum absolute atomic E-state index is 0.0274. The average Bonchev–Trinajstić information content (AvgIpc) is 2.28. The van der Waals surface area contributed by atoms with E-state index >= 15 is 0 Å². The van der Waals surface area contributed by atoms with Crippen LogP contribution < -0.4 is 4.72 Å². The Labute approximate surface area is 102 Å². The molecule has 1 atom stereocenters. The molecule has 5 heteroatoms. The maximum Gasteiger partial charge on any atom is 0.240 e. The molecule has 0 amide bonds. The molecule has 0 heterocycles. The quantitative estimate of drug-likeness (QED) is 0.781. The molecule has 1 rings (SSSR count). The Balaban J connectivity index is 2.89.